The minimum Gasteiger partial charge on any atom is -0.484 e. The van der Waals surface area contributed by atoms with Crippen LogP contribution < -0.4 is 10.1 Å². The van der Waals surface area contributed by atoms with E-state index in [1.807, 2.05) is 24.3 Å². The summed E-state index contributed by atoms with van der Waals surface area (Å²) in [7, 11) is 0. The summed E-state index contributed by atoms with van der Waals surface area (Å²) < 4.78 is 12.8. The van der Waals surface area contributed by atoms with Crippen molar-refractivity contribution in [2.24, 2.45) is 5.41 Å². The zero-order chi connectivity index (χ0) is 22.3. The largest absolute Gasteiger partial charge is 0.484 e. The van der Waals surface area contributed by atoms with Crippen LogP contribution in [0.5, 0.6) is 5.75 Å². The molecule has 0 saturated carbocycles. The molecular formula is C23H27N5O4. The Bertz CT molecular complexity index is 1070. The highest BCUT2D eigenvalue weighted by Gasteiger charge is 2.41. The van der Waals surface area contributed by atoms with Crippen molar-refractivity contribution in [1.82, 2.24) is 19.7 Å². The molecule has 1 fully saturated rings. The van der Waals surface area contributed by atoms with E-state index in [-0.39, 0.29) is 29.8 Å². The lowest BCUT2D eigenvalue weighted by atomic mass is 9.73. The average molecular weight is 438 g/mol. The lowest BCUT2D eigenvalue weighted by Gasteiger charge is -2.38. The smallest absolute Gasteiger partial charge is 0.260 e. The Morgan fingerprint density at radius 3 is 2.72 bits per heavy atom. The zero-order valence-electron chi connectivity index (χ0n) is 18.3. The highest BCUT2D eigenvalue weighted by molar-refractivity contribution is 6.00. The molecule has 168 valence electrons. The number of nitrogens with zero attached hydrogens (tertiary/aromatic N) is 4. The number of morpholine rings is 1. The summed E-state index contributed by atoms with van der Waals surface area (Å²) in [5, 5.41) is 7.69. The van der Waals surface area contributed by atoms with Crippen molar-refractivity contribution >= 4 is 17.6 Å². The second kappa shape index (κ2) is 8.05. The Morgan fingerprint density at radius 2 is 1.97 bits per heavy atom. The predicted octanol–water partition coefficient (Wildman–Crippen LogP) is 2.17. The molecule has 5 rings (SSSR count). The van der Waals surface area contributed by atoms with E-state index in [0.717, 1.165) is 23.3 Å². The number of carbonyl (C=O) groups excluding carboxylic acids is 2. The van der Waals surface area contributed by atoms with E-state index < -0.39 is 0 Å². The van der Waals surface area contributed by atoms with Gasteiger partial charge in [-0.05, 0) is 29.5 Å². The summed E-state index contributed by atoms with van der Waals surface area (Å²) >= 11 is 0. The topological polar surface area (TPSA) is 98.6 Å². The summed E-state index contributed by atoms with van der Waals surface area (Å²) in [5.41, 5.74) is 2.50. The molecule has 2 aliphatic heterocycles. The summed E-state index contributed by atoms with van der Waals surface area (Å²) in [5.74, 6) is 1.32. The van der Waals surface area contributed by atoms with E-state index in [2.05, 4.69) is 29.2 Å². The monoisotopic (exact) mass is 437 g/mol. The standard InChI is InChI=1S/C23H27N5O4/c1-23(2)11-17-20(18(29)12-23)21(28-22(26-17)24-14-25-28)15-3-5-16(6-4-15)32-13-19(30)27-7-9-31-10-8-27/h3-6,14,21H,7-13H2,1-2H3,(H,24,25,26). The summed E-state index contributed by atoms with van der Waals surface area (Å²) in [4.78, 5) is 31.5. The Kier molecular flexibility index (Phi) is 5.21. The van der Waals surface area contributed by atoms with E-state index in [4.69, 9.17) is 9.47 Å². The predicted molar refractivity (Wildman–Crippen MR) is 116 cm³/mol. The minimum atomic E-state index is -0.337. The lowest BCUT2D eigenvalue weighted by molar-refractivity contribution is -0.137. The molecule has 1 aromatic carbocycles. The van der Waals surface area contributed by atoms with E-state index in [1.165, 1.54) is 6.33 Å². The maximum Gasteiger partial charge on any atom is 0.260 e. The SMILES string of the molecule is CC1(C)CC(=O)C2=C(C1)Nc1ncnn1C2c1ccc(OCC(=O)N2CCOCC2)cc1. The molecule has 1 N–H and O–H groups in total. The fourth-order valence-corrected chi connectivity index (χ4v) is 4.65. The van der Waals surface area contributed by atoms with Gasteiger partial charge >= 0.3 is 0 Å². The molecular weight excluding hydrogens is 410 g/mol. The number of ether oxygens (including phenoxy) is 2. The summed E-state index contributed by atoms with van der Waals surface area (Å²) in [6.45, 7) is 6.52. The van der Waals surface area contributed by atoms with E-state index in [9.17, 15) is 9.59 Å². The number of rotatable bonds is 4. The van der Waals surface area contributed by atoms with Crippen molar-refractivity contribution in [3.05, 3.63) is 47.4 Å². The van der Waals surface area contributed by atoms with Gasteiger partial charge in [0.05, 0.1) is 13.2 Å². The molecule has 1 unspecified atom stereocenters. The third-order valence-corrected chi connectivity index (χ3v) is 6.20. The highest BCUT2D eigenvalue weighted by Crippen LogP contribution is 2.45. The highest BCUT2D eigenvalue weighted by atomic mass is 16.5. The van der Waals surface area contributed by atoms with Crippen molar-refractivity contribution in [3.8, 4) is 5.75 Å². The quantitative estimate of drug-likeness (QED) is 0.783. The van der Waals surface area contributed by atoms with Crippen LogP contribution in [0.15, 0.2) is 41.9 Å². The number of allylic oxidation sites excluding steroid dienone is 2. The van der Waals surface area contributed by atoms with E-state index in [0.29, 0.717) is 44.4 Å². The molecule has 3 aliphatic rings. The van der Waals surface area contributed by atoms with Gasteiger partial charge in [0.15, 0.2) is 12.4 Å². The van der Waals surface area contributed by atoms with E-state index in [1.54, 1.807) is 9.58 Å². The van der Waals surface area contributed by atoms with Crippen LogP contribution in [-0.2, 0) is 14.3 Å². The third kappa shape index (κ3) is 3.88. The lowest BCUT2D eigenvalue weighted by Crippen LogP contribution is -2.42. The molecule has 9 nitrogen and oxygen atoms in total. The molecule has 0 bridgehead atoms. The Balaban J connectivity index is 1.36. The van der Waals surface area contributed by atoms with Gasteiger partial charge in [0.25, 0.3) is 5.91 Å². The van der Waals surface area contributed by atoms with Gasteiger partial charge in [-0.2, -0.15) is 10.1 Å². The van der Waals surface area contributed by atoms with Crippen LogP contribution in [-0.4, -0.2) is 64.3 Å². The minimum absolute atomic E-state index is 0.0111. The van der Waals surface area contributed by atoms with Gasteiger partial charge in [-0.25, -0.2) is 4.68 Å². The number of hydrogen-bond acceptors (Lipinski definition) is 7. The number of carbonyl (C=O) groups is 2. The van der Waals surface area contributed by atoms with Crippen LogP contribution in [0.4, 0.5) is 5.95 Å². The van der Waals surface area contributed by atoms with Gasteiger partial charge in [-0.15, -0.1) is 0 Å². The van der Waals surface area contributed by atoms with Crippen LogP contribution in [0, 0.1) is 5.41 Å². The van der Waals surface area contributed by atoms with Crippen LogP contribution >= 0.6 is 0 Å². The van der Waals surface area contributed by atoms with Gasteiger partial charge in [-0.1, -0.05) is 26.0 Å². The normalized spacial score (nSPS) is 22.1. The van der Waals surface area contributed by atoms with Gasteiger partial charge in [0.2, 0.25) is 5.95 Å². The third-order valence-electron chi connectivity index (χ3n) is 6.20. The molecule has 3 heterocycles. The molecule has 2 aromatic rings. The number of aromatic nitrogens is 3. The maximum absolute atomic E-state index is 13.1. The number of benzene rings is 1. The molecule has 1 aromatic heterocycles. The molecule has 1 atom stereocenters. The zero-order valence-corrected chi connectivity index (χ0v) is 18.3. The average Bonchev–Trinajstić information content (AvgIpc) is 3.24. The second-order valence-electron chi connectivity index (χ2n) is 9.24. The van der Waals surface area contributed by atoms with Gasteiger partial charge in [0.1, 0.15) is 18.1 Å². The first-order valence-corrected chi connectivity index (χ1v) is 10.9. The van der Waals surface area contributed by atoms with Crippen molar-refractivity contribution in [2.45, 2.75) is 32.7 Å². The summed E-state index contributed by atoms with van der Waals surface area (Å²) in [6, 6.07) is 7.17. The van der Waals surface area contributed by atoms with Gasteiger partial charge in [0, 0.05) is 30.8 Å². The van der Waals surface area contributed by atoms with E-state index >= 15 is 0 Å². The van der Waals surface area contributed by atoms with Crippen LogP contribution in [0.25, 0.3) is 0 Å². The maximum atomic E-state index is 13.1. The Labute approximate surface area is 186 Å². The second-order valence-corrected chi connectivity index (χ2v) is 9.24. The van der Waals surface area contributed by atoms with Crippen molar-refractivity contribution in [1.29, 1.82) is 0 Å². The van der Waals surface area contributed by atoms with Crippen molar-refractivity contribution in [2.75, 3.05) is 38.2 Å². The van der Waals surface area contributed by atoms with Crippen LogP contribution in [0.1, 0.15) is 38.3 Å². The van der Waals surface area contributed by atoms with Crippen molar-refractivity contribution < 1.29 is 19.1 Å². The van der Waals surface area contributed by atoms with Crippen LogP contribution in [0.3, 0.4) is 0 Å². The number of fused-ring (bicyclic) bond motifs is 1. The Hall–Kier alpha value is -3.20. The Morgan fingerprint density at radius 1 is 1.22 bits per heavy atom. The molecule has 1 amide bonds. The number of amides is 1. The number of nitrogens with one attached hydrogen (secondary N) is 1. The van der Waals surface area contributed by atoms with Gasteiger partial charge in [-0.3, -0.25) is 9.59 Å². The first-order chi connectivity index (χ1) is 15.4. The van der Waals surface area contributed by atoms with Gasteiger partial charge < -0.3 is 19.7 Å². The molecule has 32 heavy (non-hydrogen) atoms. The molecule has 1 saturated heterocycles. The first kappa shape index (κ1) is 20.7. The van der Waals surface area contributed by atoms with Crippen molar-refractivity contribution in [3.63, 3.8) is 0 Å². The molecule has 0 spiro atoms. The summed E-state index contributed by atoms with van der Waals surface area (Å²) in [6.07, 6.45) is 2.78. The fraction of sp³-hybridized carbons (Fsp3) is 0.478. The van der Waals surface area contributed by atoms with Crippen LogP contribution in [0.2, 0.25) is 0 Å². The molecule has 0 radical (unpaired) electrons. The molecule has 1 aliphatic carbocycles. The fourth-order valence-electron chi connectivity index (χ4n) is 4.65. The number of anilines is 1. The number of hydrogen-bond donors (Lipinski definition) is 1. The number of Topliss-reactive ketones (excluding diaryl/α,β-unsaturated/α-hetero) is 1. The molecule has 9 heteroatoms. The first-order valence-electron chi connectivity index (χ1n) is 10.9. The number of ketones is 1.